The molecule has 1 saturated heterocycles. The molecule has 0 aliphatic carbocycles. The van der Waals surface area contributed by atoms with E-state index in [4.69, 9.17) is 37.5 Å². The van der Waals surface area contributed by atoms with Crippen LogP contribution in [-0.2, 0) is 38.4 Å². The first kappa shape index (κ1) is 53.8. The van der Waals surface area contributed by atoms with Crippen molar-refractivity contribution in [3.8, 4) is 17.6 Å². The molecule has 3 aromatic carbocycles. The molecule has 0 unspecified atom stereocenters. The fourth-order valence-electron chi connectivity index (χ4n) is 8.01. The summed E-state index contributed by atoms with van der Waals surface area (Å²) < 4.78 is 135. The van der Waals surface area contributed by atoms with E-state index in [1.54, 1.807) is 24.3 Å². The zero-order valence-electron chi connectivity index (χ0n) is 39.3. The Labute approximate surface area is 402 Å². The van der Waals surface area contributed by atoms with E-state index in [-0.39, 0.29) is 48.7 Å². The first-order valence-electron chi connectivity index (χ1n) is 22.0. The van der Waals surface area contributed by atoms with Crippen LogP contribution < -0.4 is 14.8 Å². The Morgan fingerprint density at radius 3 is 1.97 bits per heavy atom. The molecule has 0 saturated carbocycles. The molecule has 0 radical (unpaired) electrons. The second-order valence-corrected chi connectivity index (χ2v) is 17.9. The molecule has 23 heteroatoms. The van der Waals surface area contributed by atoms with Crippen LogP contribution in [0, 0.1) is 17.2 Å². The third-order valence-corrected chi connectivity index (χ3v) is 13.3. The highest BCUT2D eigenvalue weighted by Gasteiger charge is 2.57. The molecule has 1 amide bonds. The Morgan fingerprint density at radius 1 is 0.857 bits per heavy atom. The molecule has 5 aromatic rings. The molecule has 378 valence electrons. The molecular formula is C47H54F6N7O9P. The van der Waals surface area contributed by atoms with Crippen molar-refractivity contribution in [2.24, 2.45) is 5.92 Å². The first-order chi connectivity index (χ1) is 33.3. The van der Waals surface area contributed by atoms with E-state index in [0.29, 0.717) is 28.2 Å². The van der Waals surface area contributed by atoms with Crippen LogP contribution in [0.4, 0.5) is 32.2 Å². The Hall–Kier alpha value is -5.50. The number of aromatic nitrogens is 4. The van der Waals surface area contributed by atoms with Crippen molar-refractivity contribution in [2.45, 2.75) is 95.6 Å². The monoisotopic (exact) mass is 1010 g/mol. The van der Waals surface area contributed by atoms with Gasteiger partial charge in [-0.3, -0.25) is 9.36 Å². The third kappa shape index (κ3) is 12.5. The molecule has 1 aliphatic rings. The number of amides is 1. The lowest BCUT2D eigenvalue weighted by atomic mass is 9.80. The number of alkyl halides is 6. The number of hydrogen-bond donors (Lipinski definition) is 1. The maximum atomic E-state index is 13.7. The average Bonchev–Trinajstić information content (AvgIpc) is 3.90. The molecule has 5 atom stereocenters. The summed E-state index contributed by atoms with van der Waals surface area (Å²) in [7, 11) is 0.933. The lowest BCUT2D eigenvalue weighted by molar-refractivity contribution is -0.299. The summed E-state index contributed by atoms with van der Waals surface area (Å²) in [6.45, 7) is 5.58. The van der Waals surface area contributed by atoms with Crippen molar-refractivity contribution < 1.29 is 68.6 Å². The quantitative estimate of drug-likeness (QED) is 0.0215. The van der Waals surface area contributed by atoms with Crippen LogP contribution in [0.25, 0.3) is 11.2 Å². The maximum absolute atomic E-state index is 13.7. The number of rotatable bonds is 23. The van der Waals surface area contributed by atoms with Crippen molar-refractivity contribution in [2.75, 3.05) is 46.1 Å². The number of hydrogen-bond acceptors (Lipinski definition) is 14. The molecule has 6 rings (SSSR count). The summed E-state index contributed by atoms with van der Waals surface area (Å²) in [4.78, 5) is 25.2. The maximum Gasteiger partial charge on any atom is 0.402 e. The molecule has 1 N–H and O–H groups in total. The molecular weight excluding hydrogens is 952 g/mol. The van der Waals surface area contributed by atoms with Gasteiger partial charge in [0.15, 0.2) is 29.1 Å². The summed E-state index contributed by atoms with van der Waals surface area (Å²) in [5.74, 6) is -3.11. The minimum Gasteiger partial charge on any atom is -0.497 e. The Bertz CT molecular complexity index is 2430. The number of benzene rings is 3. The second kappa shape index (κ2) is 23.6. The van der Waals surface area contributed by atoms with E-state index >= 15 is 0 Å². The van der Waals surface area contributed by atoms with Crippen LogP contribution in [0.1, 0.15) is 64.0 Å². The highest BCUT2D eigenvalue weighted by Crippen LogP contribution is 2.52. The van der Waals surface area contributed by atoms with E-state index < -0.39 is 76.2 Å². The Balaban J connectivity index is 1.53. The summed E-state index contributed by atoms with van der Waals surface area (Å²) >= 11 is 0. The number of nitrogens with zero attached hydrogens (tertiary/aromatic N) is 6. The molecule has 1 fully saturated rings. The number of anilines is 1. The number of ether oxygens (including phenoxy) is 6. The summed E-state index contributed by atoms with van der Waals surface area (Å²) in [5, 5.41) is 12.1. The summed E-state index contributed by atoms with van der Waals surface area (Å²) in [6.07, 6.45) is -14.3. The number of halogens is 6. The van der Waals surface area contributed by atoms with Crippen LogP contribution >= 0.6 is 8.53 Å². The molecule has 2 aromatic heterocycles. The van der Waals surface area contributed by atoms with Gasteiger partial charge in [0.1, 0.15) is 48.5 Å². The SMILES string of the molecule is COc1ccc(C(OC[C@H]2O[C@@H](n3cnc4c(NC(C)=O)ncnc43)[C@H](OCOCC(C(F)(F)F)C(F)(F)F)[C@@H]2O[P@@](OCCC#N)N(C(C)C)C(C)C)(c2ccccc2)c2ccc(OC)cc2)cc1. The van der Waals surface area contributed by atoms with E-state index in [1.807, 2.05) is 87.0 Å². The van der Waals surface area contributed by atoms with Gasteiger partial charge in [-0.05, 0) is 68.7 Å². The van der Waals surface area contributed by atoms with Gasteiger partial charge >= 0.3 is 12.4 Å². The first-order valence-corrected chi connectivity index (χ1v) is 23.1. The van der Waals surface area contributed by atoms with Gasteiger partial charge in [0.25, 0.3) is 8.53 Å². The van der Waals surface area contributed by atoms with Crippen LogP contribution in [0.15, 0.2) is 91.5 Å². The fourth-order valence-corrected chi connectivity index (χ4v) is 9.78. The zero-order chi connectivity index (χ0) is 50.8. The fraction of sp³-hybridized carbons (Fsp3) is 0.468. The van der Waals surface area contributed by atoms with Gasteiger partial charge in [-0.2, -0.15) is 31.6 Å². The van der Waals surface area contributed by atoms with Crippen LogP contribution in [-0.4, -0.2) is 114 Å². The molecule has 3 heterocycles. The normalized spacial score (nSPS) is 18.2. The van der Waals surface area contributed by atoms with Crippen molar-refractivity contribution in [1.82, 2.24) is 24.2 Å². The van der Waals surface area contributed by atoms with E-state index in [9.17, 15) is 36.4 Å². The van der Waals surface area contributed by atoms with Crippen LogP contribution in [0.5, 0.6) is 11.5 Å². The van der Waals surface area contributed by atoms with Crippen molar-refractivity contribution in [3.63, 3.8) is 0 Å². The highest BCUT2D eigenvalue weighted by molar-refractivity contribution is 7.44. The van der Waals surface area contributed by atoms with E-state index in [2.05, 4.69) is 26.3 Å². The Morgan fingerprint density at radius 2 is 1.44 bits per heavy atom. The number of nitriles is 1. The molecule has 0 spiro atoms. The standard InChI is InChI=1S/C47H54F6N7O9P/c1-29(2)60(30(3)4)70(67-23-11-22-54)69-40-37(24-66-45(32-12-9-8-10-13-32,33-14-18-35(62-6)19-15-33)34-16-20-36(63-7)21-17-34)68-44(41(40)65-28-64-25-38(46(48,49)50)47(51,52)53)59-27-57-39-42(58-31(5)61)55-26-56-43(39)59/h8-10,12-21,26-27,29-30,37-38,40-41,44H,11,23-25,28H2,1-7H3,(H,55,56,58,61)/t37-,40-,41-,44-,70-/m1/s1. The van der Waals surface area contributed by atoms with Crippen LogP contribution in [0.3, 0.4) is 0 Å². The van der Waals surface area contributed by atoms with Gasteiger partial charge in [0, 0.05) is 19.0 Å². The number of carbonyl (C=O) groups excluding carboxylic acids is 1. The van der Waals surface area contributed by atoms with Gasteiger partial charge in [-0.25, -0.2) is 19.6 Å². The van der Waals surface area contributed by atoms with E-state index in [1.165, 1.54) is 32.0 Å². The van der Waals surface area contributed by atoms with Gasteiger partial charge in [-0.15, -0.1) is 0 Å². The van der Waals surface area contributed by atoms with Gasteiger partial charge in [0.2, 0.25) is 5.91 Å². The number of nitrogens with one attached hydrogen (secondary N) is 1. The zero-order valence-corrected chi connectivity index (χ0v) is 40.2. The largest absolute Gasteiger partial charge is 0.497 e. The predicted molar refractivity (Wildman–Crippen MR) is 243 cm³/mol. The summed E-state index contributed by atoms with van der Waals surface area (Å²) in [6, 6.07) is 25.4. The number of carbonyl (C=O) groups is 1. The van der Waals surface area contributed by atoms with E-state index in [0.717, 1.165) is 6.33 Å². The number of fused-ring (bicyclic) bond motifs is 1. The molecule has 0 bridgehead atoms. The Kier molecular flexibility index (Phi) is 18.2. The minimum absolute atomic E-state index is 0.0173. The smallest absolute Gasteiger partial charge is 0.402 e. The van der Waals surface area contributed by atoms with Gasteiger partial charge < -0.3 is 42.8 Å². The molecule has 70 heavy (non-hydrogen) atoms. The number of methoxy groups -OCH3 is 2. The third-order valence-electron chi connectivity index (χ3n) is 11.1. The molecule has 1 aliphatic heterocycles. The lowest BCUT2D eigenvalue weighted by Gasteiger charge is -2.39. The van der Waals surface area contributed by atoms with Gasteiger partial charge in [0.05, 0.1) is 52.9 Å². The predicted octanol–water partition coefficient (Wildman–Crippen LogP) is 9.47. The lowest BCUT2D eigenvalue weighted by Crippen LogP contribution is -2.43. The van der Waals surface area contributed by atoms with Crippen molar-refractivity contribution >= 4 is 31.4 Å². The van der Waals surface area contributed by atoms with Crippen molar-refractivity contribution in [3.05, 3.63) is 108 Å². The highest BCUT2D eigenvalue weighted by atomic mass is 31.2. The average molecular weight is 1010 g/mol. The van der Waals surface area contributed by atoms with Crippen molar-refractivity contribution in [1.29, 1.82) is 5.26 Å². The number of imidazole rings is 1. The van der Waals surface area contributed by atoms with Gasteiger partial charge in [-0.1, -0.05) is 54.6 Å². The topological polar surface area (TPSA) is 174 Å². The van der Waals surface area contributed by atoms with Crippen LogP contribution in [0.2, 0.25) is 0 Å². The second-order valence-electron chi connectivity index (χ2n) is 16.5. The molecule has 16 nitrogen and oxygen atoms in total. The summed E-state index contributed by atoms with van der Waals surface area (Å²) in [5.41, 5.74) is 0.768. The minimum atomic E-state index is -5.68.